The molecule has 2 aromatic rings. The Morgan fingerprint density at radius 1 is 1.39 bits per heavy atom. The number of carbonyl (C=O) groups is 2. The molecule has 1 aromatic heterocycles. The smallest absolute Gasteiger partial charge is 0.343 e. The van der Waals surface area contributed by atoms with Crippen molar-refractivity contribution >= 4 is 23.2 Å². The molecule has 5 heteroatoms. The number of carbonyl (C=O) groups excluding carboxylic acids is 2. The lowest BCUT2D eigenvalue weighted by Crippen LogP contribution is -2.12. The standard InChI is InChI=1S/C13H11NO4/c1-17-12(16)8-18-11-5-4-9(7-15)10-3-2-6-14-13(10)11/h2-7H,8H2,1H3. The molecule has 0 radical (unpaired) electrons. The summed E-state index contributed by atoms with van der Waals surface area (Å²) in [6.45, 7) is -0.192. The van der Waals surface area contributed by atoms with E-state index >= 15 is 0 Å². The number of fused-ring (bicyclic) bond motifs is 1. The molecular weight excluding hydrogens is 234 g/mol. The first-order valence-electron chi connectivity index (χ1n) is 5.29. The van der Waals surface area contributed by atoms with Gasteiger partial charge in [-0.25, -0.2) is 4.79 Å². The number of aromatic nitrogens is 1. The third kappa shape index (κ3) is 2.29. The Morgan fingerprint density at radius 2 is 2.22 bits per heavy atom. The van der Waals surface area contributed by atoms with Gasteiger partial charge in [-0.05, 0) is 18.2 Å². The van der Waals surface area contributed by atoms with Crippen molar-refractivity contribution in [3.63, 3.8) is 0 Å². The Labute approximate surface area is 103 Å². The second kappa shape index (κ2) is 5.27. The monoisotopic (exact) mass is 245 g/mol. The second-order valence-corrected chi connectivity index (χ2v) is 3.54. The summed E-state index contributed by atoms with van der Waals surface area (Å²) < 4.78 is 9.81. The normalized spacial score (nSPS) is 10.1. The predicted molar refractivity (Wildman–Crippen MR) is 64.6 cm³/mol. The van der Waals surface area contributed by atoms with Crippen LogP contribution in [0.25, 0.3) is 10.9 Å². The van der Waals surface area contributed by atoms with E-state index in [1.807, 2.05) is 0 Å². The number of hydrogen-bond acceptors (Lipinski definition) is 5. The van der Waals surface area contributed by atoms with Gasteiger partial charge in [0.05, 0.1) is 7.11 Å². The van der Waals surface area contributed by atoms with Gasteiger partial charge in [-0.1, -0.05) is 6.07 Å². The molecule has 0 saturated heterocycles. The molecule has 0 amide bonds. The lowest BCUT2D eigenvalue weighted by atomic mass is 10.1. The summed E-state index contributed by atoms with van der Waals surface area (Å²) in [6, 6.07) is 6.75. The van der Waals surface area contributed by atoms with Crippen LogP contribution in [0, 0.1) is 0 Å². The van der Waals surface area contributed by atoms with Gasteiger partial charge < -0.3 is 9.47 Å². The van der Waals surface area contributed by atoms with Crippen LogP contribution in [0.5, 0.6) is 5.75 Å². The number of hydrogen-bond donors (Lipinski definition) is 0. The minimum absolute atomic E-state index is 0.192. The van der Waals surface area contributed by atoms with Crippen LogP contribution in [0.15, 0.2) is 30.5 Å². The topological polar surface area (TPSA) is 65.5 Å². The average Bonchev–Trinajstić information content (AvgIpc) is 2.44. The maximum absolute atomic E-state index is 11.0. The van der Waals surface area contributed by atoms with Gasteiger partial charge in [0.2, 0.25) is 0 Å². The molecule has 18 heavy (non-hydrogen) atoms. The van der Waals surface area contributed by atoms with Crippen molar-refractivity contribution in [3.8, 4) is 5.75 Å². The van der Waals surface area contributed by atoms with Crippen molar-refractivity contribution in [1.29, 1.82) is 0 Å². The lowest BCUT2D eigenvalue weighted by molar-refractivity contribution is -0.142. The third-order valence-corrected chi connectivity index (χ3v) is 2.47. The molecule has 0 aliphatic carbocycles. The molecule has 0 unspecified atom stereocenters. The van der Waals surface area contributed by atoms with Crippen LogP contribution >= 0.6 is 0 Å². The molecule has 0 N–H and O–H groups in total. The van der Waals surface area contributed by atoms with Crippen LogP contribution in [0.2, 0.25) is 0 Å². The molecule has 0 spiro atoms. The number of ether oxygens (including phenoxy) is 2. The van der Waals surface area contributed by atoms with E-state index in [0.717, 1.165) is 6.29 Å². The first-order valence-corrected chi connectivity index (χ1v) is 5.29. The Hall–Kier alpha value is -2.43. The molecule has 5 nitrogen and oxygen atoms in total. The molecule has 0 aliphatic rings. The molecular formula is C13H11NO4. The van der Waals surface area contributed by atoms with E-state index in [1.54, 1.807) is 30.5 Å². The summed E-state index contributed by atoms with van der Waals surface area (Å²) in [4.78, 5) is 26.1. The van der Waals surface area contributed by atoms with Crippen LogP contribution in [0.1, 0.15) is 10.4 Å². The van der Waals surface area contributed by atoms with Crippen molar-refractivity contribution in [2.75, 3.05) is 13.7 Å². The molecule has 2 rings (SSSR count). The number of methoxy groups -OCH3 is 1. The number of nitrogens with zero attached hydrogens (tertiary/aromatic N) is 1. The number of rotatable bonds is 4. The van der Waals surface area contributed by atoms with Crippen LogP contribution < -0.4 is 4.74 Å². The van der Waals surface area contributed by atoms with Crippen molar-refractivity contribution < 1.29 is 19.1 Å². The summed E-state index contributed by atoms with van der Waals surface area (Å²) in [5.41, 5.74) is 1.08. The molecule has 1 aromatic carbocycles. The zero-order valence-corrected chi connectivity index (χ0v) is 9.75. The van der Waals surface area contributed by atoms with Crippen molar-refractivity contribution in [2.45, 2.75) is 0 Å². The zero-order chi connectivity index (χ0) is 13.0. The SMILES string of the molecule is COC(=O)COc1ccc(C=O)c2cccnc12. The minimum Gasteiger partial charge on any atom is -0.480 e. The molecule has 1 heterocycles. The highest BCUT2D eigenvalue weighted by Crippen LogP contribution is 2.25. The molecule has 0 saturated carbocycles. The van der Waals surface area contributed by atoms with E-state index in [4.69, 9.17) is 4.74 Å². The zero-order valence-electron chi connectivity index (χ0n) is 9.75. The van der Waals surface area contributed by atoms with E-state index < -0.39 is 5.97 Å². The van der Waals surface area contributed by atoms with Gasteiger partial charge in [0.25, 0.3) is 0 Å². The van der Waals surface area contributed by atoms with Crippen molar-refractivity contribution in [1.82, 2.24) is 4.98 Å². The van der Waals surface area contributed by atoms with Gasteiger partial charge in [0.1, 0.15) is 11.3 Å². The van der Waals surface area contributed by atoms with E-state index in [9.17, 15) is 9.59 Å². The summed E-state index contributed by atoms with van der Waals surface area (Å²) in [6.07, 6.45) is 2.36. The summed E-state index contributed by atoms with van der Waals surface area (Å²) in [5.74, 6) is -0.0276. The third-order valence-electron chi connectivity index (χ3n) is 2.47. The van der Waals surface area contributed by atoms with Gasteiger partial charge >= 0.3 is 5.97 Å². The fraction of sp³-hybridized carbons (Fsp3) is 0.154. The van der Waals surface area contributed by atoms with E-state index in [1.165, 1.54) is 7.11 Å². The second-order valence-electron chi connectivity index (χ2n) is 3.54. The van der Waals surface area contributed by atoms with Gasteiger partial charge in [-0.15, -0.1) is 0 Å². The largest absolute Gasteiger partial charge is 0.480 e. The minimum atomic E-state index is -0.474. The quantitative estimate of drug-likeness (QED) is 0.604. The molecule has 92 valence electrons. The fourth-order valence-corrected chi connectivity index (χ4v) is 1.58. The van der Waals surface area contributed by atoms with Crippen LogP contribution in [-0.2, 0) is 9.53 Å². The van der Waals surface area contributed by atoms with Crippen LogP contribution in [-0.4, -0.2) is 31.0 Å². The highest BCUT2D eigenvalue weighted by molar-refractivity contribution is 5.99. The number of pyridine rings is 1. The molecule has 0 fully saturated rings. The lowest BCUT2D eigenvalue weighted by Gasteiger charge is -2.08. The predicted octanol–water partition coefficient (Wildman–Crippen LogP) is 1.60. The van der Waals surface area contributed by atoms with Crippen molar-refractivity contribution in [3.05, 3.63) is 36.0 Å². The first-order chi connectivity index (χ1) is 8.76. The maximum Gasteiger partial charge on any atom is 0.343 e. The Kier molecular flexibility index (Phi) is 3.52. The van der Waals surface area contributed by atoms with Gasteiger partial charge in [-0.2, -0.15) is 0 Å². The van der Waals surface area contributed by atoms with Gasteiger partial charge in [0.15, 0.2) is 12.9 Å². The Bertz CT molecular complexity index is 595. The fourth-order valence-electron chi connectivity index (χ4n) is 1.58. The maximum atomic E-state index is 11.0. The Balaban J connectivity index is 2.40. The first kappa shape index (κ1) is 12.0. The average molecular weight is 245 g/mol. The van der Waals surface area contributed by atoms with E-state index in [-0.39, 0.29) is 6.61 Å². The van der Waals surface area contributed by atoms with Crippen molar-refractivity contribution in [2.24, 2.45) is 0 Å². The van der Waals surface area contributed by atoms with E-state index in [0.29, 0.717) is 22.2 Å². The van der Waals surface area contributed by atoms with Gasteiger partial charge in [0, 0.05) is 17.1 Å². The summed E-state index contributed by atoms with van der Waals surface area (Å²) in [7, 11) is 1.29. The number of benzene rings is 1. The highest BCUT2D eigenvalue weighted by atomic mass is 16.6. The molecule has 0 aliphatic heterocycles. The summed E-state index contributed by atoms with van der Waals surface area (Å²) in [5, 5.41) is 0.690. The van der Waals surface area contributed by atoms with E-state index in [2.05, 4.69) is 9.72 Å². The van der Waals surface area contributed by atoms with Gasteiger partial charge in [-0.3, -0.25) is 9.78 Å². The highest BCUT2D eigenvalue weighted by Gasteiger charge is 2.09. The molecule has 0 bridgehead atoms. The summed E-state index contributed by atoms with van der Waals surface area (Å²) >= 11 is 0. The van der Waals surface area contributed by atoms with Crippen LogP contribution in [0.4, 0.5) is 0 Å². The number of esters is 1. The molecule has 0 atom stereocenters. The Morgan fingerprint density at radius 3 is 2.94 bits per heavy atom. The van der Waals surface area contributed by atoms with Crippen LogP contribution in [0.3, 0.4) is 0 Å². The number of aldehydes is 1.